The second-order valence-corrected chi connectivity index (χ2v) is 4.63. The number of hydrogen-bond acceptors (Lipinski definition) is 3. The number of nitrogens with two attached hydrogens (primary N) is 1. The van der Waals surface area contributed by atoms with Crippen molar-refractivity contribution < 1.29 is 4.39 Å². The van der Waals surface area contributed by atoms with Crippen LogP contribution in [-0.2, 0) is 0 Å². The number of nitrogen functional groups attached to an aromatic ring is 1. The van der Waals surface area contributed by atoms with Gasteiger partial charge in [0.15, 0.2) is 0 Å². The maximum Gasteiger partial charge on any atom is 0.143 e. The normalized spacial score (nSPS) is 10.4. The Balaban J connectivity index is 2.88. The molecule has 84 valence electrons. The monoisotopic (exact) mass is 248 g/mol. The summed E-state index contributed by atoms with van der Waals surface area (Å²) in [6.07, 6.45) is 2.04. The van der Waals surface area contributed by atoms with Crippen molar-refractivity contribution in [1.29, 1.82) is 0 Å². The first kappa shape index (κ1) is 12.5. The van der Waals surface area contributed by atoms with E-state index in [9.17, 15) is 4.39 Å². The number of benzene rings is 1. The Morgan fingerprint density at radius 3 is 2.80 bits per heavy atom. The van der Waals surface area contributed by atoms with Gasteiger partial charge in [-0.2, -0.15) is 11.8 Å². The van der Waals surface area contributed by atoms with E-state index in [1.807, 2.05) is 18.2 Å². The highest BCUT2D eigenvalue weighted by molar-refractivity contribution is 7.98. The van der Waals surface area contributed by atoms with Gasteiger partial charge in [-0.05, 0) is 12.3 Å². The van der Waals surface area contributed by atoms with Crippen LogP contribution in [0.2, 0.25) is 5.02 Å². The minimum Gasteiger partial charge on any atom is -0.397 e. The molecular weight excluding hydrogens is 235 g/mol. The van der Waals surface area contributed by atoms with Crippen LogP contribution in [0.1, 0.15) is 0 Å². The molecule has 0 atom stereocenters. The van der Waals surface area contributed by atoms with E-state index in [0.29, 0.717) is 5.69 Å². The van der Waals surface area contributed by atoms with Crippen molar-refractivity contribution in [2.24, 2.45) is 0 Å². The molecule has 15 heavy (non-hydrogen) atoms. The minimum atomic E-state index is -0.476. The van der Waals surface area contributed by atoms with Gasteiger partial charge in [-0.3, -0.25) is 0 Å². The van der Waals surface area contributed by atoms with E-state index in [-0.39, 0.29) is 5.02 Å². The van der Waals surface area contributed by atoms with Gasteiger partial charge < -0.3 is 10.6 Å². The molecule has 1 aromatic rings. The Hall–Kier alpha value is -0.610. The highest BCUT2D eigenvalue weighted by Gasteiger charge is 2.09. The molecule has 0 aliphatic rings. The van der Waals surface area contributed by atoms with Crippen LogP contribution in [0.25, 0.3) is 0 Å². The quantitative estimate of drug-likeness (QED) is 0.831. The second kappa shape index (κ2) is 5.47. The van der Waals surface area contributed by atoms with E-state index in [4.69, 9.17) is 17.3 Å². The van der Waals surface area contributed by atoms with Gasteiger partial charge in [0, 0.05) is 25.4 Å². The molecule has 0 saturated carbocycles. The summed E-state index contributed by atoms with van der Waals surface area (Å²) in [7, 11) is 1.91. The van der Waals surface area contributed by atoms with Gasteiger partial charge in [0.05, 0.1) is 16.4 Å². The minimum absolute atomic E-state index is 0.107. The average Bonchev–Trinajstić information content (AvgIpc) is 2.20. The lowest BCUT2D eigenvalue weighted by molar-refractivity contribution is 0.629. The Bertz CT molecular complexity index is 346. The van der Waals surface area contributed by atoms with Gasteiger partial charge in [0.2, 0.25) is 0 Å². The van der Waals surface area contributed by atoms with Crippen LogP contribution in [0, 0.1) is 5.82 Å². The first-order valence-electron chi connectivity index (χ1n) is 4.51. The molecule has 1 aromatic carbocycles. The molecule has 0 fully saturated rings. The molecule has 5 heteroatoms. The molecule has 1 rings (SSSR count). The van der Waals surface area contributed by atoms with Crippen LogP contribution in [0.15, 0.2) is 12.1 Å². The topological polar surface area (TPSA) is 29.3 Å². The fourth-order valence-corrected chi connectivity index (χ4v) is 1.85. The molecule has 2 nitrogen and oxygen atoms in total. The largest absolute Gasteiger partial charge is 0.397 e. The van der Waals surface area contributed by atoms with Crippen molar-refractivity contribution in [3.05, 3.63) is 23.0 Å². The molecule has 0 amide bonds. The number of nitrogens with zero attached hydrogens (tertiary/aromatic N) is 1. The fourth-order valence-electron chi connectivity index (χ4n) is 1.23. The predicted molar refractivity (Wildman–Crippen MR) is 67.5 cm³/mol. The summed E-state index contributed by atoms with van der Waals surface area (Å²) in [6.45, 7) is 0.854. The van der Waals surface area contributed by atoms with E-state index in [1.165, 1.54) is 6.07 Å². The lowest BCUT2D eigenvalue weighted by Gasteiger charge is -2.21. The Kier molecular flexibility index (Phi) is 4.54. The van der Waals surface area contributed by atoms with Crippen molar-refractivity contribution in [1.82, 2.24) is 0 Å². The zero-order valence-electron chi connectivity index (χ0n) is 8.76. The van der Waals surface area contributed by atoms with Crippen LogP contribution in [0.3, 0.4) is 0 Å². The maximum absolute atomic E-state index is 13.0. The zero-order chi connectivity index (χ0) is 11.4. The fraction of sp³-hybridized carbons (Fsp3) is 0.400. The molecule has 0 aliphatic heterocycles. The Morgan fingerprint density at radius 1 is 1.53 bits per heavy atom. The zero-order valence-corrected chi connectivity index (χ0v) is 10.3. The van der Waals surface area contributed by atoms with Crippen molar-refractivity contribution in [3.8, 4) is 0 Å². The summed E-state index contributed by atoms with van der Waals surface area (Å²) in [5.41, 5.74) is 6.91. The molecule has 0 aromatic heterocycles. The number of halogens is 2. The van der Waals surface area contributed by atoms with Crippen LogP contribution in [-0.4, -0.2) is 25.6 Å². The lowest BCUT2D eigenvalue weighted by atomic mass is 10.2. The average molecular weight is 249 g/mol. The second-order valence-electron chi connectivity index (χ2n) is 3.24. The van der Waals surface area contributed by atoms with Crippen molar-refractivity contribution in [3.63, 3.8) is 0 Å². The third kappa shape index (κ3) is 3.18. The SMILES string of the molecule is CSCCN(C)c1cc(Cl)c(F)cc1N. The molecule has 0 spiro atoms. The Labute approximate surface area is 98.6 Å². The van der Waals surface area contributed by atoms with Gasteiger partial charge in [-0.25, -0.2) is 4.39 Å². The van der Waals surface area contributed by atoms with Crippen LogP contribution >= 0.6 is 23.4 Å². The van der Waals surface area contributed by atoms with Gasteiger partial charge in [0.25, 0.3) is 0 Å². The molecule has 0 unspecified atom stereocenters. The van der Waals surface area contributed by atoms with Crippen LogP contribution in [0.5, 0.6) is 0 Å². The summed E-state index contributed by atoms with van der Waals surface area (Å²) in [6, 6.07) is 2.82. The summed E-state index contributed by atoms with van der Waals surface area (Å²) >= 11 is 7.45. The first-order valence-corrected chi connectivity index (χ1v) is 6.28. The Morgan fingerprint density at radius 2 is 2.20 bits per heavy atom. The van der Waals surface area contributed by atoms with Gasteiger partial charge in [0.1, 0.15) is 5.82 Å². The standard InChI is InChI=1S/C10H14ClFN2S/c1-14(3-4-15-2)10-5-7(11)8(12)6-9(10)13/h5-6H,3-4,13H2,1-2H3. The highest BCUT2D eigenvalue weighted by Crippen LogP contribution is 2.28. The van der Waals surface area contributed by atoms with Crippen LogP contribution < -0.4 is 10.6 Å². The van der Waals surface area contributed by atoms with Crippen molar-refractivity contribution in [2.75, 3.05) is 36.2 Å². The van der Waals surface area contributed by atoms with Gasteiger partial charge >= 0.3 is 0 Å². The third-order valence-corrected chi connectivity index (χ3v) is 2.99. The molecule has 0 saturated heterocycles. The van der Waals surface area contributed by atoms with E-state index >= 15 is 0 Å². The van der Waals surface area contributed by atoms with Gasteiger partial charge in [-0.15, -0.1) is 0 Å². The molecule has 0 radical (unpaired) electrons. The summed E-state index contributed by atoms with van der Waals surface area (Å²) in [4.78, 5) is 1.97. The van der Waals surface area contributed by atoms with Crippen molar-refractivity contribution >= 4 is 34.7 Å². The summed E-state index contributed by atoms with van der Waals surface area (Å²) < 4.78 is 13.0. The summed E-state index contributed by atoms with van der Waals surface area (Å²) in [5.74, 6) is 0.515. The number of rotatable bonds is 4. The van der Waals surface area contributed by atoms with E-state index in [2.05, 4.69) is 0 Å². The molecule has 0 bridgehead atoms. The highest BCUT2D eigenvalue weighted by atomic mass is 35.5. The smallest absolute Gasteiger partial charge is 0.143 e. The van der Waals surface area contributed by atoms with E-state index < -0.39 is 5.82 Å². The van der Waals surface area contributed by atoms with Crippen molar-refractivity contribution in [2.45, 2.75) is 0 Å². The first-order chi connectivity index (χ1) is 7.06. The van der Waals surface area contributed by atoms with E-state index in [1.54, 1.807) is 17.8 Å². The number of hydrogen-bond donors (Lipinski definition) is 1. The number of anilines is 2. The molecule has 0 heterocycles. The van der Waals surface area contributed by atoms with E-state index in [0.717, 1.165) is 18.0 Å². The maximum atomic E-state index is 13.0. The number of thioether (sulfide) groups is 1. The predicted octanol–water partition coefficient (Wildman–Crippen LogP) is 2.86. The molecular formula is C10H14ClFN2S. The lowest BCUT2D eigenvalue weighted by Crippen LogP contribution is -2.21. The summed E-state index contributed by atoms with van der Waals surface area (Å²) in [5, 5.41) is 0.107. The van der Waals surface area contributed by atoms with Crippen LogP contribution in [0.4, 0.5) is 15.8 Å². The van der Waals surface area contributed by atoms with Gasteiger partial charge in [-0.1, -0.05) is 11.6 Å². The molecule has 2 N–H and O–H groups in total. The third-order valence-electron chi connectivity index (χ3n) is 2.11. The molecule has 0 aliphatic carbocycles.